The molecule has 1 fully saturated rings. The number of para-hydroxylation sites is 1. The molecule has 156 valence electrons. The van der Waals surface area contributed by atoms with Crippen LogP contribution >= 0.6 is 0 Å². The summed E-state index contributed by atoms with van der Waals surface area (Å²) < 4.78 is 22.6. The van der Waals surface area contributed by atoms with Gasteiger partial charge >= 0.3 is 5.97 Å². The van der Waals surface area contributed by atoms with Crippen LogP contribution in [0.3, 0.4) is 0 Å². The van der Waals surface area contributed by atoms with Gasteiger partial charge in [-0.15, -0.1) is 0 Å². The Labute approximate surface area is 171 Å². The Balaban J connectivity index is 1.34. The van der Waals surface area contributed by atoms with Crippen molar-refractivity contribution in [2.75, 3.05) is 13.2 Å². The fourth-order valence-corrected chi connectivity index (χ4v) is 3.24. The Morgan fingerprint density at radius 2 is 1.72 bits per heavy atom. The first-order valence-electron chi connectivity index (χ1n) is 9.97. The van der Waals surface area contributed by atoms with Crippen LogP contribution in [-0.4, -0.2) is 36.2 Å². The fourth-order valence-electron chi connectivity index (χ4n) is 3.24. The summed E-state index contributed by atoms with van der Waals surface area (Å²) in [6.45, 7) is 4.37. The molecule has 3 unspecified atom stereocenters. The predicted molar refractivity (Wildman–Crippen MR) is 108 cm³/mol. The molecule has 0 amide bonds. The van der Waals surface area contributed by atoms with Crippen LogP contribution in [0.25, 0.3) is 0 Å². The Morgan fingerprint density at radius 3 is 2.38 bits per heavy atom. The molecule has 0 aliphatic carbocycles. The van der Waals surface area contributed by atoms with Gasteiger partial charge in [0.15, 0.2) is 0 Å². The van der Waals surface area contributed by atoms with Crippen LogP contribution in [0, 0.1) is 5.92 Å². The van der Waals surface area contributed by atoms with Crippen LogP contribution in [-0.2, 0) is 14.3 Å². The third-order valence-electron chi connectivity index (χ3n) is 5.08. The van der Waals surface area contributed by atoms with E-state index in [2.05, 4.69) is 0 Å². The van der Waals surface area contributed by atoms with E-state index in [4.69, 9.17) is 18.9 Å². The number of hydrogen-bond acceptors (Lipinski definition) is 5. The van der Waals surface area contributed by atoms with Gasteiger partial charge in [0.25, 0.3) is 5.79 Å². The highest BCUT2D eigenvalue weighted by Crippen LogP contribution is 2.29. The first-order chi connectivity index (χ1) is 14.0. The summed E-state index contributed by atoms with van der Waals surface area (Å²) in [4.78, 5) is 11.2. The predicted octanol–water partition coefficient (Wildman–Crippen LogP) is 4.88. The van der Waals surface area contributed by atoms with Gasteiger partial charge in [0, 0.05) is 12.8 Å². The third-order valence-corrected chi connectivity index (χ3v) is 5.08. The highest BCUT2D eigenvalue weighted by molar-refractivity contribution is 5.75. The van der Waals surface area contributed by atoms with Crippen molar-refractivity contribution in [1.29, 1.82) is 0 Å². The molecular weight excluding hydrogens is 372 g/mol. The van der Waals surface area contributed by atoms with Gasteiger partial charge in [0.1, 0.15) is 17.2 Å². The first-order valence-corrected chi connectivity index (χ1v) is 9.97. The number of unbranched alkanes of at least 4 members (excludes halogenated alkanes) is 1. The molecule has 2 aromatic carbocycles. The number of aliphatic carboxylic acids is 1. The maximum Gasteiger partial charge on any atom is 0.364 e. The number of carbonyl (C=O) groups is 1. The quantitative estimate of drug-likeness (QED) is 0.605. The Hall–Kier alpha value is -2.57. The number of ether oxygens (including phenoxy) is 4. The van der Waals surface area contributed by atoms with Gasteiger partial charge in [-0.2, -0.15) is 0 Å². The van der Waals surface area contributed by atoms with E-state index in [1.54, 1.807) is 0 Å². The van der Waals surface area contributed by atoms with Crippen molar-refractivity contribution in [1.82, 2.24) is 0 Å². The van der Waals surface area contributed by atoms with E-state index >= 15 is 0 Å². The molecule has 0 aromatic heterocycles. The minimum absolute atomic E-state index is 0.150. The molecule has 6 nitrogen and oxygen atoms in total. The molecule has 1 heterocycles. The summed E-state index contributed by atoms with van der Waals surface area (Å²) in [6, 6.07) is 17.2. The third kappa shape index (κ3) is 5.95. The lowest BCUT2D eigenvalue weighted by molar-refractivity contribution is -0.292. The van der Waals surface area contributed by atoms with Gasteiger partial charge in [-0.25, -0.2) is 4.79 Å². The standard InChI is InChI=1S/C23H28O6/c1-17-18(16-27-23(2,29-17)22(24)25)8-6-7-15-26-19-11-13-21(14-12-19)28-20-9-4-3-5-10-20/h3-5,9-14,17-18H,6-8,15-16H2,1-2H3,(H,24,25). The summed E-state index contributed by atoms with van der Waals surface area (Å²) >= 11 is 0. The number of carboxylic acids is 1. The lowest BCUT2D eigenvalue weighted by Crippen LogP contribution is -2.51. The molecule has 1 aliphatic heterocycles. The van der Waals surface area contributed by atoms with Crippen molar-refractivity contribution in [3.63, 3.8) is 0 Å². The second-order valence-electron chi connectivity index (χ2n) is 7.38. The van der Waals surface area contributed by atoms with Crippen LogP contribution in [0.4, 0.5) is 0 Å². The van der Waals surface area contributed by atoms with Crippen LogP contribution in [0.1, 0.15) is 33.1 Å². The molecule has 0 radical (unpaired) electrons. The second-order valence-corrected chi connectivity index (χ2v) is 7.38. The van der Waals surface area contributed by atoms with Crippen LogP contribution in [0.15, 0.2) is 54.6 Å². The zero-order valence-corrected chi connectivity index (χ0v) is 16.9. The monoisotopic (exact) mass is 400 g/mol. The zero-order valence-electron chi connectivity index (χ0n) is 16.9. The summed E-state index contributed by atoms with van der Waals surface area (Å²) in [5, 5.41) is 9.17. The summed E-state index contributed by atoms with van der Waals surface area (Å²) in [7, 11) is 0. The second kappa shape index (κ2) is 9.76. The molecule has 29 heavy (non-hydrogen) atoms. The summed E-state index contributed by atoms with van der Waals surface area (Å²) in [5.41, 5.74) is 0. The molecule has 3 rings (SSSR count). The molecule has 0 spiro atoms. The number of benzene rings is 2. The minimum atomic E-state index is -1.53. The molecule has 0 bridgehead atoms. The largest absolute Gasteiger partial charge is 0.494 e. The van der Waals surface area contributed by atoms with Crippen molar-refractivity contribution in [3.05, 3.63) is 54.6 Å². The van der Waals surface area contributed by atoms with Crippen molar-refractivity contribution >= 4 is 5.97 Å². The van der Waals surface area contributed by atoms with E-state index in [0.29, 0.717) is 13.2 Å². The number of hydrogen-bond donors (Lipinski definition) is 1. The van der Waals surface area contributed by atoms with Crippen molar-refractivity contribution in [2.45, 2.75) is 45.0 Å². The maximum absolute atomic E-state index is 11.2. The van der Waals surface area contributed by atoms with E-state index in [-0.39, 0.29) is 12.0 Å². The van der Waals surface area contributed by atoms with Gasteiger partial charge in [0.05, 0.1) is 19.3 Å². The molecule has 6 heteroatoms. The lowest BCUT2D eigenvalue weighted by Gasteiger charge is -2.39. The molecule has 1 N–H and O–H groups in total. The minimum Gasteiger partial charge on any atom is -0.494 e. The van der Waals surface area contributed by atoms with Gasteiger partial charge in [-0.3, -0.25) is 0 Å². The molecule has 3 atom stereocenters. The van der Waals surface area contributed by atoms with E-state index in [0.717, 1.165) is 36.5 Å². The first kappa shape index (κ1) is 21.1. The Bertz CT molecular complexity index is 776. The SMILES string of the molecule is CC1OC(C)(C(=O)O)OCC1CCCCOc1ccc(Oc2ccccc2)cc1. The molecule has 2 aromatic rings. The fraction of sp³-hybridized carbons (Fsp3) is 0.435. The number of carboxylic acid groups (broad SMARTS) is 1. The molecule has 0 saturated carbocycles. The van der Waals surface area contributed by atoms with Crippen LogP contribution in [0.5, 0.6) is 17.2 Å². The smallest absolute Gasteiger partial charge is 0.364 e. The van der Waals surface area contributed by atoms with Crippen molar-refractivity contribution in [2.24, 2.45) is 5.92 Å². The van der Waals surface area contributed by atoms with Gasteiger partial charge < -0.3 is 24.1 Å². The van der Waals surface area contributed by atoms with Gasteiger partial charge in [0.2, 0.25) is 0 Å². The highest BCUT2D eigenvalue weighted by Gasteiger charge is 2.43. The Kier molecular flexibility index (Phi) is 7.12. The van der Waals surface area contributed by atoms with E-state index in [9.17, 15) is 9.90 Å². The van der Waals surface area contributed by atoms with Crippen molar-refractivity contribution in [3.8, 4) is 17.2 Å². The van der Waals surface area contributed by atoms with Gasteiger partial charge in [-0.05, 0) is 62.6 Å². The van der Waals surface area contributed by atoms with Crippen molar-refractivity contribution < 1.29 is 28.8 Å². The van der Waals surface area contributed by atoms with Gasteiger partial charge in [-0.1, -0.05) is 18.2 Å². The summed E-state index contributed by atoms with van der Waals surface area (Å²) in [6.07, 6.45) is 2.62. The average Bonchev–Trinajstić information content (AvgIpc) is 2.71. The summed E-state index contributed by atoms with van der Waals surface area (Å²) in [5.74, 6) is -0.0541. The lowest BCUT2D eigenvalue weighted by atomic mass is 9.96. The maximum atomic E-state index is 11.2. The molecule has 1 saturated heterocycles. The van der Waals surface area contributed by atoms with Crippen LogP contribution in [0.2, 0.25) is 0 Å². The van der Waals surface area contributed by atoms with E-state index < -0.39 is 11.8 Å². The topological polar surface area (TPSA) is 74.2 Å². The molecular formula is C23H28O6. The molecule has 1 aliphatic rings. The Morgan fingerprint density at radius 1 is 1.07 bits per heavy atom. The van der Waals surface area contributed by atoms with E-state index in [1.165, 1.54) is 6.92 Å². The average molecular weight is 400 g/mol. The zero-order chi connectivity index (χ0) is 20.7. The highest BCUT2D eigenvalue weighted by atomic mass is 16.7. The normalized spacial score (nSPS) is 24.1. The number of rotatable bonds is 9. The van der Waals surface area contributed by atoms with Crippen LogP contribution < -0.4 is 9.47 Å². The van der Waals surface area contributed by atoms with E-state index in [1.807, 2.05) is 61.5 Å².